The second kappa shape index (κ2) is 7.62. The SMILES string of the molecule is Cc1cc(C(=O)O[C@H](C)C(=O)Nc2nc(-c3ccc(F)c(F)c3)cs2)on1. The molecule has 0 unspecified atom stereocenters. The minimum Gasteiger partial charge on any atom is -0.447 e. The average Bonchev–Trinajstić information content (AvgIpc) is 3.26. The molecule has 0 bridgehead atoms. The lowest BCUT2D eigenvalue weighted by Crippen LogP contribution is -2.29. The Hall–Kier alpha value is -3.14. The van der Waals surface area contributed by atoms with Crippen LogP contribution < -0.4 is 5.32 Å². The number of ether oxygens (including phenoxy) is 1. The van der Waals surface area contributed by atoms with Crippen molar-refractivity contribution in [1.29, 1.82) is 0 Å². The van der Waals surface area contributed by atoms with Crippen molar-refractivity contribution in [1.82, 2.24) is 10.1 Å². The van der Waals surface area contributed by atoms with E-state index in [1.54, 1.807) is 12.3 Å². The molecule has 1 atom stereocenters. The maximum atomic E-state index is 13.3. The van der Waals surface area contributed by atoms with Crippen LogP contribution in [0.4, 0.5) is 13.9 Å². The molecule has 7 nitrogen and oxygen atoms in total. The van der Waals surface area contributed by atoms with Crippen LogP contribution in [0, 0.1) is 18.6 Å². The first kappa shape index (κ1) is 18.6. The molecule has 2 aromatic heterocycles. The molecular weight excluding hydrogens is 380 g/mol. The number of benzene rings is 1. The fourth-order valence-electron chi connectivity index (χ4n) is 2.06. The number of carbonyl (C=O) groups is 2. The third-order valence-electron chi connectivity index (χ3n) is 3.43. The molecule has 2 heterocycles. The molecule has 10 heteroatoms. The zero-order chi connectivity index (χ0) is 19.6. The van der Waals surface area contributed by atoms with Crippen LogP contribution in [-0.2, 0) is 9.53 Å². The van der Waals surface area contributed by atoms with Crippen molar-refractivity contribution in [3.8, 4) is 11.3 Å². The summed E-state index contributed by atoms with van der Waals surface area (Å²) in [5.74, 6) is -3.48. The van der Waals surface area contributed by atoms with Crippen molar-refractivity contribution in [2.45, 2.75) is 20.0 Å². The van der Waals surface area contributed by atoms with E-state index in [1.165, 1.54) is 19.1 Å². The first-order valence-electron chi connectivity index (χ1n) is 7.69. The average molecular weight is 393 g/mol. The second-order valence-corrected chi connectivity index (χ2v) is 6.39. The second-order valence-electron chi connectivity index (χ2n) is 5.54. The number of carbonyl (C=O) groups excluding carboxylic acids is 2. The summed E-state index contributed by atoms with van der Waals surface area (Å²) >= 11 is 1.09. The van der Waals surface area contributed by atoms with E-state index in [1.807, 2.05) is 0 Å². The van der Waals surface area contributed by atoms with Gasteiger partial charge >= 0.3 is 5.97 Å². The first-order chi connectivity index (χ1) is 12.8. The largest absolute Gasteiger partial charge is 0.447 e. The van der Waals surface area contributed by atoms with Gasteiger partial charge in [-0.3, -0.25) is 10.1 Å². The van der Waals surface area contributed by atoms with Crippen LogP contribution in [0.15, 0.2) is 34.2 Å². The smallest absolute Gasteiger partial charge is 0.377 e. The van der Waals surface area contributed by atoms with E-state index in [0.29, 0.717) is 17.0 Å². The third kappa shape index (κ3) is 4.34. The van der Waals surface area contributed by atoms with Gasteiger partial charge in [0.2, 0.25) is 5.76 Å². The van der Waals surface area contributed by atoms with Gasteiger partial charge in [0.15, 0.2) is 22.9 Å². The highest BCUT2D eigenvalue weighted by Gasteiger charge is 2.22. The minimum atomic E-state index is -1.11. The van der Waals surface area contributed by atoms with Crippen molar-refractivity contribution in [2.24, 2.45) is 0 Å². The molecule has 3 rings (SSSR count). The van der Waals surface area contributed by atoms with Crippen LogP contribution in [0.5, 0.6) is 0 Å². The Morgan fingerprint density at radius 2 is 2.04 bits per heavy atom. The molecule has 1 aromatic carbocycles. The Balaban J connectivity index is 1.63. The number of nitrogens with zero attached hydrogens (tertiary/aromatic N) is 2. The van der Waals surface area contributed by atoms with Crippen molar-refractivity contribution < 1.29 is 27.6 Å². The molecular formula is C17H13F2N3O4S. The summed E-state index contributed by atoms with van der Waals surface area (Å²) < 4.78 is 36.1. The van der Waals surface area contributed by atoms with Crippen LogP contribution in [0.3, 0.4) is 0 Å². The number of hydrogen-bond donors (Lipinski definition) is 1. The number of hydrogen-bond acceptors (Lipinski definition) is 7. The van der Waals surface area contributed by atoms with Gasteiger partial charge in [-0.2, -0.15) is 0 Å². The number of amides is 1. The van der Waals surface area contributed by atoms with E-state index in [4.69, 9.17) is 9.26 Å². The monoisotopic (exact) mass is 393 g/mol. The van der Waals surface area contributed by atoms with Gasteiger partial charge in [-0.15, -0.1) is 11.3 Å². The molecule has 27 heavy (non-hydrogen) atoms. The normalized spacial score (nSPS) is 11.9. The van der Waals surface area contributed by atoms with E-state index in [0.717, 1.165) is 23.5 Å². The number of anilines is 1. The molecule has 0 fully saturated rings. The zero-order valence-corrected chi connectivity index (χ0v) is 15.0. The summed E-state index contributed by atoms with van der Waals surface area (Å²) in [6.45, 7) is 3.03. The van der Waals surface area contributed by atoms with E-state index in [2.05, 4.69) is 15.5 Å². The van der Waals surface area contributed by atoms with Gasteiger partial charge in [-0.25, -0.2) is 18.6 Å². The van der Waals surface area contributed by atoms with Gasteiger partial charge in [0.25, 0.3) is 5.91 Å². The summed E-state index contributed by atoms with van der Waals surface area (Å²) in [7, 11) is 0. The summed E-state index contributed by atoms with van der Waals surface area (Å²) in [5, 5.41) is 7.86. The van der Waals surface area contributed by atoms with Crippen LogP contribution >= 0.6 is 11.3 Å². The van der Waals surface area contributed by atoms with E-state index in [9.17, 15) is 18.4 Å². The molecule has 0 aliphatic heterocycles. The highest BCUT2D eigenvalue weighted by Crippen LogP contribution is 2.26. The lowest BCUT2D eigenvalue weighted by Gasteiger charge is -2.10. The molecule has 3 aromatic rings. The number of rotatable bonds is 5. The molecule has 0 saturated heterocycles. The maximum absolute atomic E-state index is 13.3. The summed E-state index contributed by atoms with van der Waals surface area (Å²) in [5.41, 5.74) is 1.24. The van der Waals surface area contributed by atoms with Gasteiger partial charge in [0.05, 0.1) is 11.4 Å². The summed E-state index contributed by atoms with van der Waals surface area (Å²) in [6, 6.07) is 4.78. The van der Waals surface area contributed by atoms with Crippen molar-refractivity contribution >= 4 is 28.3 Å². The van der Waals surface area contributed by atoms with Crippen LogP contribution in [0.1, 0.15) is 23.2 Å². The molecule has 0 radical (unpaired) electrons. The number of nitrogens with one attached hydrogen (secondary N) is 1. The third-order valence-corrected chi connectivity index (χ3v) is 4.19. The van der Waals surface area contributed by atoms with E-state index in [-0.39, 0.29) is 10.9 Å². The molecule has 1 amide bonds. The van der Waals surface area contributed by atoms with Gasteiger partial charge in [-0.1, -0.05) is 5.16 Å². The zero-order valence-electron chi connectivity index (χ0n) is 14.2. The Morgan fingerprint density at radius 1 is 1.26 bits per heavy atom. The van der Waals surface area contributed by atoms with Gasteiger partial charge < -0.3 is 9.26 Å². The molecule has 0 saturated carbocycles. The fourth-order valence-corrected chi connectivity index (χ4v) is 2.78. The molecule has 140 valence electrons. The van der Waals surface area contributed by atoms with Crippen molar-refractivity contribution in [3.63, 3.8) is 0 Å². The van der Waals surface area contributed by atoms with Gasteiger partial charge in [0, 0.05) is 17.0 Å². The Kier molecular flexibility index (Phi) is 5.26. The highest BCUT2D eigenvalue weighted by molar-refractivity contribution is 7.14. The highest BCUT2D eigenvalue weighted by atomic mass is 32.1. The lowest BCUT2D eigenvalue weighted by molar-refractivity contribution is -0.123. The Bertz CT molecular complexity index is 1000. The maximum Gasteiger partial charge on any atom is 0.377 e. The predicted molar refractivity (Wildman–Crippen MR) is 92.2 cm³/mol. The Morgan fingerprint density at radius 3 is 2.70 bits per heavy atom. The first-order valence-corrected chi connectivity index (χ1v) is 8.57. The number of esters is 1. The van der Waals surface area contributed by atoms with Crippen molar-refractivity contribution in [2.75, 3.05) is 5.32 Å². The number of halogens is 2. The number of aryl methyl sites for hydroxylation is 1. The fraction of sp³-hybridized carbons (Fsp3) is 0.176. The summed E-state index contributed by atoms with van der Waals surface area (Å²) in [6.07, 6.45) is -1.11. The van der Waals surface area contributed by atoms with E-state index >= 15 is 0 Å². The quantitative estimate of drug-likeness (QED) is 0.666. The molecule has 1 N–H and O–H groups in total. The number of thiazole rings is 1. The molecule has 0 aliphatic carbocycles. The van der Waals surface area contributed by atoms with Crippen LogP contribution in [-0.4, -0.2) is 28.1 Å². The Labute approximate surface area is 156 Å². The molecule has 0 spiro atoms. The minimum absolute atomic E-state index is 0.109. The van der Waals surface area contributed by atoms with Gasteiger partial charge in [-0.05, 0) is 32.0 Å². The standard InChI is InChI=1S/C17H13F2N3O4S/c1-8-5-14(26-22-8)16(24)25-9(2)15(23)21-17-20-13(7-27-17)10-3-4-11(18)12(19)6-10/h3-7,9H,1-2H3,(H,20,21,23)/t9-/m1/s1. The van der Waals surface area contributed by atoms with E-state index < -0.39 is 29.6 Å². The van der Waals surface area contributed by atoms with Crippen LogP contribution in [0.2, 0.25) is 0 Å². The molecule has 0 aliphatic rings. The number of aromatic nitrogens is 2. The predicted octanol–water partition coefficient (Wildman–Crippen LogP) is 3.57. The van der Waals surface area contributed by atoms with Crippen LogP contribution in [0.25, 0.3) is 11.3 Å². The van der Waals surface area contributed by atoms with Gasteiger partial charge in [0.1, 0.15) is 0 Å². The van der Waals surface area contributed by atoms with Crippen molar-refractivity contribution in [3.05, 3.63) is 52.7 Å². The summed E-state index contributed by atoms with van der Waals surface area (Å²) in [4.78, 5) is 28.2. The topological polar surface area (TPSA) is 94.3 Å². The lowest BCUT2D eigenvalue weighted by atomic mass is 10.2.